The van der Waals surface area contributed by atoms with E-state index in [4.69, 9.17) is 21.1 Å². The van der Waals surface area contributed by atoms with Crippen molar-refractivity contribution in [2.24, 2.45) is 0 Å². The molecule has 1 heterocycles. The van der Waals surface area contributed by atoms with E-state index in [1.165, 1.54) is 61.7 Å². The van der Waals surface area contributed by atoms with Crippen molar-refractivity contribution >= 4 is 66.0 Å². The zero-order valence-corrected chi connectivity index (χ0v) is 27.1. The average molecular weight is 702 g/mol. The van der Waals surface area contributed by atoms with E-state index in [-0.39, 0.29) is 48.9 Å². The number of ether oxygens (including phenoxy) is 2. The SMILES string of the molecule is COc1ccc([N+](=O)[O-])cc1NS(=O)(=O)c1cccc(C(=O)Nc2cc(S(=O)(=O)Nc3ccccc3Cl)ccc2N2CCOCC2)c1. The Labute approximate surface area is 275 Å². The smallest absolute Gasteiger partial charge is 0.271 e. The van der Waals surface area contributed by atoms with Gasteiger partial charge in [-0.15, -0.1) is 0 Å². The van der Waals surface area contributed by atoms with Gasteiger partial charge in [-0.25, -0.2) is 16.8 Å². The van der Waals surface area contributed by atoms with Gasteiger partial charge in [0.15, 0.2) is 0 Å². The first-order chi connectivity index (χ1) is 22.4. The summed E-state index contributed by atoms with van der Waals surface area (Å²) in [6.07, 6.45) is 0. The summed E-state index contributed by atoms with van der Waals surface area (Å²) in [5, 5.41) is 14.2. The Morgan fingerprint density at radius 2 is 1.53 bits per heavy atom. The van der Waals surface area contributed by atoms with Gasteiger partial charge < -0.3 is 19.7 Å². The average Bonchev–Trinajstić information content (AvgIpc) is 3.06. The molecule has 0 radical (unpaired) electrons. The molecule has 0 unspecified atom stereocenters. The molecule has 1 aliphatic heterocycles. The van der Waals surface area contributed by atoms with Gasteiger partial charge in [0, 0.05) is 30.8 Å². The van der Waals surface area contributed by atoms with E-state index in [1.54, 1.807) is 18.2 Å². The molecule has 0 atom stereocenters. The summed E-state index contributed by atoms with van der Waals surface area (Å²) in [6.45, 7) is 1.80. The predicted octanol–water partition coefficient (Wildman–Crippen LogP) is 4.95. The van der Waals surface area contributed by atoms with E-state index in [1.807, 2.05) is 4.90 Å². The van der Waals surface area contributed by atoms with Crippen molar-refractivity contribution in [1.82, 2.24) is 0 Å². The third-order valence-corrected chi connectivity index (χ3v) is 10.1. The number of carbonyl (C=O) groups is 1. The molecule has 1 fully saturated rings. The second-order valence-electron chi connectivity index (χ2n) is 10.1. The molecule has 5 rings (SSSR count). The number of nitrogens with one attached hydrogen (secondary N) is 3. The van der Waals surface area contributed by atoms with Crippen LogP contribution in [0.1, 0.15) is 10.4 Å². The monoisotopic (exact) mass is 701 g/mol. The number of nitrogens with zero attached hydrogens (tertiary/aromatic N) is 2. The summed E-state index contributed by atoms with van der Waals surface area (Å²) in [7, 11) is -7.22. The molecule has 0 aliphatic carbocycles. The summed E-state index contributed by atoms with van der Waals surface area (Å²) >= 11 is 6.15. The lowest BCUT2D eigenvalue weighted by Gasteiger charge is -2.30. The predicted molar refractivity (Wildman–Crippen MR) is 177 cm³/mol. The van der Waals surface area contributed by atoms with Gasteiger partial charge in [-0.2, -0.15) is 0 Å². The van der Waals surface area contributed by atoms with Crippen LogP contribution in [0.4, 0.5) is 28.4 Å². The standard InChI is InChI=1S/C30H28ClN5O9S2/c1-44-29-12-9-21(36(38)39)18-27(29)34-46(40,41)22-6-4-5-20(17-22)30(37)32-26-19-23(10-11-28(26)35-13-15-45-16-14-35)47(42,43)33-25-8-3-2-7-24(25)31/h2-12,17-19,33-34H,13-16H2,1H3,(H,32,37). The van der Waals surface area contributed by atoms with Crippen LogP contribution in [0.3, 0.4) is 0 Å². The molecule has 0 saturated carbocycles. The number of carbonyl (C=O) groups excluding carboxylic acids is 1. The molecule has 246 valence electrons. The fourth-order valence-electron chi connectivity index (χ4n) is 4.70. The minimum absolute atomic E-state index is 0.0441. The summed E-state index contributed by atoms with van der Waals surface area (Å²) in [5.41, 5.74) is 0.267. The van der Waals surface area contributed by atoms with Crippen molar-refractivity contribution in [3.8, 4) is 5.75 Å². The zero-order valence-electron chi connectivity index (χ0n) is 24.7. The van der Waals surface area contributed by atoms with Crippen LogP contribution in [-0.2, 0) is 24.8 Å². The van der Waals surface area contributed by atoms with E-state index in [0.717, 1.165) is 12.1 Å². The van der Waals surface area contributed by atoms with Crippen molar-refractivity contribution < 1.29 is 36.0 Å². The van der Waals surface area contributed by atoms with Gasteiger partial charge in [-0.1, -0.05) is 29.8 Å². The van der Waals surface area contributed by atoms with Crippen molar-refractivity contribution in [1.29, 1.82) is 0 Å². The Bertz CT molecular complexity index is 2050. The van der Waals surface area contributed by atoms with Gasteiger partial charge in [0.25, 0.3) is 31.6 Å². The van der Waals surface area contributed by atoms with Gasteiger partial charge >= 0.3 is 0 Å². The lowest BCUT2D eigenvalue weighted by Crippen LogP contribution is -2.36. The van der Waals surface area contributed by atoms with Gasteiger partial charge in [-0.05, 0) is 54.6 Å². The van der Waals surface area contributed by atoms with E-state index in [9.17, 15) is 31.7 Å². The largest absolute Gasteiger partial charge is 0.495 e. The molecule has 1 aliphatic rings. The molecular formula is C30H28ClN5O9S2. The van der Waals surface area contributed by atoms with Crippen LogP contribution >= 0.6 is 11.6 Å². The lowest BCUT2D eigenvalue weighted by atomic mass is 10.2. The Morgan fingerprint density at radius 1 is 0.851 bits per heavy atom. The molecule has 3 N–H and O–H groups in total. The molecule has 4 aromatic carbocycles. The van der Waals surface area contributed by atoms with Crippen LogP contribution < -0.4 is 24.4 Å². The minimum atomic E-state index is -4.36. The fourth-order valence-corrected chi connectivity index (χ4v) is 7.15. The zero-order chi connectivity index (χ0) is 33.8. The number of anilines is 4. The summed E-state index contributed by atoms with van der Waals surface area (Å²) in [5.74, 6) is -0.680. The normalized spacial score (nSPS) is 13.4. The third-order valence-electron chi connectivity index (χ3n) is 7.04. The number of nitro benzene ring substituents is 1. The number of halogens is 1. The molecule has 4 aromatic rings. The van der Waals surface area contributed by atoms with E-state index < -0.39 is 30.9 Å². The third kappa shape index (κ3) is 7.74. The maximum absolute atomic E-state index is 13.6. The van der Waals surface area contributed by atoms with Crippen LogP contribution in [0.25, 0.3) is 0 Å². The summed E-state index contributed by atoms with van der Waals surface area (Å²) < 4.78 is 68.6. The molecular weight excluding hydrogens is 674 g/mol. The van der Waals surface area contributed by atoms with Crippen molar-refractivity contribution in [3.63, 3.8) is 0 Å². The Hall–Kier alpha value is -4.90. The number of nitro groups is 1. The van der Waals surface area contributed by atoms with Crippen LogP contribution in [-0.4, -0.2) is 61.1 Å². The quantitative estimate of drug-likeness (QED) is 0.143. The molecule has 1 saturated heterocycles. The lowest BCUT2D eigenvalue weighted by molar-refractivity contribution is -0.384. The summed E-state index contributed by atoms with van der Waals surface area (Å²) in [4.78, 5) is 25.6. The van der Waals surface area contributed by atoms with E-state index >= 15 is 0 Å². The van der Waals surface area contributed by atoms with E-state index in [2.05, 4.69) is 14.8 Å². The van der Waals surface area contributed by atoms with Crippen LogP contribution in [0.5, 0.6) is 5.75 Å². The first-order valence-corrected chi connectivity index (χ1v) is 17.2. The van der Waals surface area contributed by atoms with E-state index in [0.29, 0.717) is 32.0 Å². The van der Waals surface area contributed by atoms with Crippen molar-refractivity contribution in [2.45, 2.75) is 9.79 Å². The Morgan fingerprint density at radius 3 is 2.21 bits per heavy atom. The molecule has 17 heteroatoms. The first kappa shape index (κ1) is 33.5. The topological polar surface area (TPSA) is 186 Å². The summed E-state index contributed by atoms with van der Waals surface area (Å²) in [6, 6.07) is 19.1. The number of sulfonamides is 2. The van der Waals surface area contributed by atoms with Crippen molar-refractivity contribution in [2.75, 3.05) is 53.1 Å². The maximum Gasteiger partial charge on any atom is 0.271 e. The number of non-ortho nitro benzene ring substituents is 1. The van der Waals surface area contributed by atoms with Gasteiger partial charge in [0.05, 0.1) is 62.8 Å². The number of amides is 1. The molecule has 14 nitrogen and oxygen atoms in total. The molecule has 47 heavy (non-hydrogen) atoms. The highest BCUT2D eigenvalue weighted by molar-refractivity contribution is 7.93. The number of hydrogen-bond acceptors (Lipinski definition) is 10. The van der Waals surface area contributed by atoms with Gasteiger partial charge in [0.2, 0.25) is 0 Å². The first-order valence-electron chi connectivity index (χ1n) is 13.9. The highest BCUT2D eigenvalue weighted by Crippen LogP contribution is 2.33. The molecule has 0 aromatic heterocycles. The fraction of sp³-hybridized carbons (Fsp3) is 0.167. The van der Waals surface area contributed by atoms with Gasteiger partial charge in [-0.3, -0.25) is 24.4 Å². The number of rotatable bonds is 11. The number of methoxy groups -OCH3 is 1. The second kappa shape index (κ2) is 13.8. The number of benzene rings is 4. The number of morpholine rings is 1. The Kier molecular flexibility index (Phi) is 9.85. The number of hydrogen-bond donors (Lipinski definition) is 3. The van der Waals surface area contributed by atoms with Gasteiger partial charge in [0.1, 0.15) is 5.75 Å². The highest BCUT2D eigenvalue weighted by Gasteiger charge is 2.24. The van der Waals surface area contributed by atoms with Crippen LogP contribution in [0.2, 0.25) is 5.02 Å². The maximum atomic E-state index is 13.6. The molecule has 1 amide bonds. The molecule has 0 bridgehead atoms. The highest BCUT2D eigenvalue weighted by atomic mass is 35.5. The van der Waals surface area contributed by atoms with Crippen LogP contribution in [0.15, 0.2) is 94.7 Å². The number of para-hydroxylation sites is 1. The minimum Gasteiger partial charge on any atom is -0.495 e. The van der Waals surface area contributed by atoms with Crippen molar-refractivity contribution in [3.05, 3.63) is 106 Å². The Balaban J connectivity index is 1.45. The van der Waals surface area contributed by atoms with Crippen LogP contribution in [0, 0.1) is 10.1 Å². The molecule has 0 spiro atoms. The second-order valence-corrected chi connectivity index (χ2v) is 13.9.